The summed E-state index contributed by atoms with van der Waals surface area (Å²) in [7, 11) is 0. The third kappa shape index (κ3) is 1.90. The highest BCUT2D eigenvalue weighted by Gasteiger charge is 2.39. The minimum Gasteiger partial charge on any atom is -0.331 e. The van der Waals surface area contributed by atoms with Gasteiger partial charge in [-0.15, -0.1) is 0 Å². The molecule has 0 aromatic carbocycles. The maximum atomic E-state index is 13.0. The fourth-order valence-electron chi connectivity index (χ4n) is 3.41. The summed E-state index contributed by atoms with van der Waals surface area (Å²) in [6, 6.07) is 8.68. The van der Waals surface area contributed by atoms with Crippen molar-refractivity contribution in [1.29, 1.82) is 0 Å². The van der Waals surface area contributed by atoms with Crippen molar-refractivity contribution >= 4 is 11.4 Å². The lowest BCUT2D eigenvalue weighted by molar-refractivity contribution is 0.0655. The smallest absolute Gasteiger partial charge is 0.273 e. The van der Waals surface area contributed by atoms with Crippen LogP contribution in [0.5, 0.6) is 0 Å². The zero-order chi connectivity index (χ0) is 13.5. The lowest BCUT2D eigenvalue weighted by atomic mass is 10.2. The Bertz CT molecular complexity index is 638. The summed E-state index contributed by atoms with van der Waals surface area (Å²) in [5.41, 5.74) is 1.68. The van der Waals surface area contributed by atoms with Crippen LogP contribution in [0.25, 0.3) is 5.52 Å². The van der Waals surface area contributed by atoms with Crippen LogP contribution in [-0.2, 0) is 0 Å². The molecule has 2 heterocycles. The molecular formula is C16H19N3O. The Kier molecular flexibility index (Phi) is 2.76. The maximum Gasteiger partial charge on any atom is 0.273 e. The predicted octanol–water partition coefficient (Wildman–Crippen LogP) is 2.88. The molecule has 2 fully saturated rings. The van der Waals surface area contributed by atoms with E-state index in [1.807, 2.05) is 24.3 Å². The quantitative estimate of drug-likeness (QED) is 0.859. The van der Waals surface area contributed by atoms with Crippen LogP contribution in [0.15, 0.2) is 30.5 Å². The summed E-state index contributed by atoms with van der Waals surface area (Å²) in [6.07, 6.45) is 8.92. The molecule has 2 aromatic rings. The van der Waals surface area contributed by atoms with Crippen LogP contribution in [0.1, 0.15) is 49.0 Å². The SMILES string of the molecule is O=C(c1cccc2ccnn12)N(C1CCCC1)C1CC1. The Morgan fingerprint density at radius 1 is 1.10 bits per heavy atom. The van der Waals surface area contributed by atoms with E-state index >= 15 is 0 Å². The van der Waals surface area contributed by atoms with E-state index in [2.05, 4.69) is 10.00 Å². The average Bonchev–Trinajstić information content (AvgIpc) is 2.96. The molecule has 0 spiro atoms. The van der Waals surface area contributed by atoms with Crippen LogP contribution >= 0.6 is 0 Å². The van der Waals surface area contributed by atoms with E-state index in [1.165, 1.54) is 12.8 Å². The van der Waals surface area contributed by atoms with Gasteiger partial charge in [0.1, 0.15) is 5.69 Å². The monoisotopic (exact) mass is 269 g/mol. The molecule has 4 rings (SSSR count). The van der Waals surface area contributed by atoms with Crippen LogP contribution in [0.4, 0.5) is 0 Å². The van der Waals surface area contributed by atoms with E-state index < -0.39 is 0 Å². The zero-order valence-electron chi connectivity index (χ0n) is 11.5. The van der Waals surface area contributed by atoms with Crippen LogP contribution in [0, 0.1) is 0 Å². The van der Waals surface area contributed by atoms with E-state index in [-0.39, 0.29) is 5.91 Å². The van der Waals surface area contributed by atoms with Gasteiger partial charge in [0, 0.05) is 12.1 Å². The summed E-state index contributed by atoms with van der Waals surface area (Å²) in [5.74, 6) is 0.161. The van der Waals surface area contributed by atoms with Crippen LogP contribution < -0.4 is 0 Å². The molecule has 0 bridgehead atoms. The topological polar surface area (TPSA) is 37.6 Å². The van der Waals surface area contributed by atoms with Gasteiger partial charge >= 0.3 is 0 Å². The summed E-state index contributed by atoms with van der Waals surface area (Å²) < 4.78 is 1.77. The van der Waals surface area contributed by atoms with Gasteiger partial charge in [0.05, 0.1) is 11.7 Å². The molecule has 0 radical (unpaired) electrons. The number of nitrogens with zero attached hydrogens (tertiary/aromatic N) is 3. The summed E-state index contributed by atoms with van der Waals surface area (Å²) >= 11 is 0. The van der Waals surface area contributed by atoms with Gasteiger partial charge in [-0.05, 0) is 43.9 Å². The molecule has 0 atom stereocenters. The molecule has 1 amide bonds. The van der Waals surface area contributed by atoms with Gasteiger partial charge in [0.2, 0.25) is 0 Å². The number of hydrogen-bond donors (Lipinski definition) is 0. The number of pyridine rings is 1. The van der Waals surface area contributed by atoms with Crippen molar-refractivity contribution < 1.29 is 4.79 Å². The van der Waals surface area contributed by atoms with Gasteiger partial charge in [-0.3, -0.25) is 4.79 Å². The number of rotatable bonds is 3. The largest absolute Gasteiger partial charge is 0.331 e. The van der Waals surface area contributed by atoms with Crippen molar-refractivity contribution in [2.45, 2.75) is 50.6 Å². The molecule has 4 nitrogen and oxygen atoms in total. The molecule has 4 heteroatoms. The first-order valence-electron chi connectivity index (χ1n) is 7.60. The second kappa shape index (κ2) is 4.62. The highest BCUT2D eigenvalue weighted by molar-refractivity contribution is 5.94. The number of carbonyl (C=O) groups is 1. The number of hydrogen-bond acceptors (Lipinski definition) is 2. The number of fused-ring (bicyclic) bond motifs is 1. The predicted molar refractivity (Wildman–Crippen MR) is 76.6 cm³/mol. The number of aromatic nitrogens is 2. The van der Waals surface area contributed by atoms with Crippen molar-refractivity contribution in [1.82, 2.24) is 14.5 Å². The van der Waals surface area contributed by atoms with E-state index in [0.29, 0.717) is 17.8 Å². The Hall–Kier alpha value is -1.84. The Morgan fingerprint density at radius 3 is 2.60 bits per heavy atom. The Morgan fingerprint density at radius 2 is 1.85 bits per heavy atom. The molecule has 0 N–H and O–H groups in total. The first kappa shape index (κ1) is 11.9. The molecule has 2 aromatic heterocycles. The second-order valence-corrected chi connectivity index (χ2v) is 5.96. The normalized spacial score (nSPS) is 19.6. The molecule has 20 heavy (non-hydrogen) atoms. The van der Waals surface area contributed by atoms with Gasteiger partial charge in [-0.25, -0.2) is 4.52 Å². The minimum atomic E-state index is 0.161. The lowest BCUT2D eigenvalue weighted by Gasteiger charge is -2.29. The van der Waals surface area contributed by atoms with Crippen molar-refractivity contribution in [2.24, 2.45) is 0 Å². The highest BCUT2D eigenvalue weighted by Crippen LogP contribution is 2.35. The van der Waals surface area contributed by atoms with Gasteiger partial charge in [-0.2, -0.15) is 5.10 Å². The van der Waals surface area contributed by atoms with Gasteiger partial charge in [0.25, 0.3) is 5.91 Å². The van der Waals surface area contributed by atoms with Crippen molar-refractivity contribution in [3.05, 3.63) is 36.2 Å². The fourth-order valence-corrected chi connectivity index (χ4v) is 3.41. The van der Waals surface area contributed by atoms with Crippen LogP contribution in [0.2, 0.25) is 0 Å². The van der Waals surface area contributed by atoms with E-state index in [1.54, 1.807) is 10.7 Å². The minimum absolute atomic E-state index is 0.161. The molecule has 2 aliphatic carbocycles. The van der Waals surface area contributed by atoms with Crippen molar-refractivity contribution in [3.8, 4) is 0 Å². The third-order valence-electron chi connectivity index (χ3n) is 4.53. The highest BCUT2D eigenvalue weighted by atomic mass is 16.2. The number of amides is 1. The summed E-state index contributed by atoms with van der Waals surface area (Å²) in [5, 5.41) is 4.30. The van der Waals surface area contributed by atoms with E-state index in [9.17, 15) is 4.79 Å². The molecule has 2 saturated carbocycles. The zero-order valence-corrected chi connectivity index (χ0v) is 11.5. The molecule has 0 aliphatic heterocycles. The van der Waals surface area contributed by atoms with Crippen LogP contribution in [-0.4, -0.2) is 32.5 Å². The van der Waals surface area contributed by atoms with Gasteiger partial charge in [0.15, 0.2) is 0 Å². The second-order valence-electron chi connectivity index (χ2n) is 5.96. The summed E-state index contributed by atoms with van der Waals surface area (Å²) in [6.45, 7) is 0. The first-order chi connectivity index (χ1) is 9.84. The molecule has 104 valence electrons. The average molecular weight is 269 g/mol. The van der Waals surface area contributed by atoms with E-state index in [0.717, 1.165) is 31.2 Å². The van der Waals surface area contributed by atoms with Crippen molar-refractivity contribution in [3.63, 3.8) is 0 Å². The first-order valence-corrected chi connectivity index (χ1v) is 7.60. The standard InChI is InChI=1S/C16H19N3O/c20-16(15-7-3-6-14-10-11-17-19(14)15)18(13-8-9-13)12-4-1-2-5-12/h3,6-7,10-13H,1-2,4-5,8-9H2. The Balaban J connectivity index is 1.72. The van der Waals surface area contributed by atoms with Crippen molar-refractivity contribution in [2.75, 3.05) is 0 Å². The Labute approximate surface area is 118 Å². The maximum absolute atomic E-state index is 13.0. The molecule has 2 aliphatic rings. The van der Waals surface area contributed by atoms with Crippen LogP contribution in [0.3, 0.4) is 0 Å². The van der Waals surface area contributed by atoms with Gasteiger partial charge in [-0.1, -0.05) is 18.9 Å². The lowest BCUT2D eigenvalue weighted by Crippen LogP contribution is -2.41. The van der Waals surface area contributed by atoms with E-state index in [4.69, 9.17) is 0 Å². The third-order valence-corrected chi connectivity index (χ3v) is 4.53. The molecule has 0 saturated heterocycles. The number of carbonyl (C=O) groups excluding carboxylic acids is 1. The molecular weight excluding hydrogens is 250 g/mol. The summed E-state index contributed by atoms with van der Waals surface area (Å²) in [4.78, 5) is 15.1. The van der Waals surface area contributed by atoms with Gasteiger partial charge < -0.3 is 4.90 Å². The molecule has 0 unspecified atom stereocenters. The fraction of sp³-hybridized carbons (Fsp3) is 0.500.